The molecule has 4 nitrogen and oxygen atoms in total. The first-order valence-electron chi connectivity index (χ1n) is 6.77. The fourth-order valence-corrected chi connectivity index (χ4v) is 2.92. The fraction of sp³-hybridized carbons (Fsp3) is 0.400. The smallest absolute Gasteiger partial charge is 0.280 e. The number of aromatic nitrogens is 1. The highest BCUT2D eigenvalue weighted by Gasteiger charge is 2.30. The number of rotatable bonds is 2. The van der Waals surface area contributed by atoms with Crippen molar-refractivity contribution in [2.45, 2.75) is 24.8 Å². The molecule has 3 rings (SSSR count). The first kappa shape index (κ1) is 13.1. The van der Waals surface area contributed by atoms with E-state index in [-0.39, 0.29) is 23.3 Å². The van der Waals surface area contributed by atoms with Gasteiger partial charge in [0.05, 0.1) is 0 Å². The zero-order valence-electron chi connectivity index (χ0n) is 11.3. The van der Waals surface area contributed by atoms with Crippen LogP contribution in [0, 0.1) is 5.82 Å². The van der Waals surface area contributed by atoms with Crippen molar-refractivity contribution in [3.8, 4) is 0 Å². The van der Waals surface area contributed by atoms with E-state index in [1.165, 1.54) is 18.2 Å². The van der Waals surface area contributed by atoms with Gasteiger partial charge in [0, 0.05) is 18.0 Å². The molecule has 1 N–H and O–H groups in total. The lowest BCUT2D eigenvalue weighted by Crippen LogP contribution is -2.33. The van der Waals surface area contributed by atoms with Crippen molar-refractivity contribution in [2.75, 3.05) is 13.6 Å². The summed E-state index contributed by atoms with van der Waals surface area (Å²) in [6.45, 7) is 0.918. The summed E-state index contributed by atoms with van der Waals surface area (Å²) in [5.41, 5.74) is 0.897. The van der Waals surface area contributed by atoms with Crippen molar-refractivity contribution in [1.29, 1.82) is 0 Å². The molecule has 0 radical (unpaired) electrons. The number of benzene rings is 1. The Hall–Kier alpha value is -1.88. The molecular weight excluding hydrogens is 259 g/mol. The molecule has 2 heterocycles. The minimum absolute atomic E-state index is 0.197. The van der Waals surface area contributed by atoms with Gasteiger partial charge in [0.1, 0.15) is 11.6 Å². The third-order valence-corrected chi connectivity index (χ3v) is 4.07. The highest BCUT2D eigenvalue weighted by molar-refractivity contribution is 5.22. The predicted octanol–water partition coefficient (Wildman–Crippen LogP) is 2.66. The Kier molecular flexibility index (Phi) is 3.44. The van der Waals surface area contributed by atoms with Crippen LogP contribution in [-0.2, 0) is 0 Å². The van der Waals surface area contributed by atoms with Crippen molar-refractivity contribution >= 4 is 0 Å². The van der Waals surface area contributed by atoms with Crippen molar-refractivity contribution < 1.29 is 8.91 Å². The SMILES string of the molecule is CN1CC[C@H](c2cc(=O)[nH]o2)C[C@@H]1c1ccc(F)cc1. The van der Waals surface area contributed by atoms with Crippen LogP contribution in [0.1, 0.15) is 36.1 Å². The van der Waals surface area contributed by atoms with E-state index in [9.17, 15) is 9.18 Å². The molecule has 2 aromatic rings. The van der Waals surface area contributed by atoms with Gasteiger partial charge in [-0.15, -0.1) is 0 Å². The number of nitrogens with zero attached hydrogens (tertiary/aromatic N) is 1. The van der Waals surface area contributed by atoms with Crippen molar-refractivity contribution in [3.63, 3.8) is 0 Å². The Morgan fingerprint density at radius 2 is 2.10 bits per heavy atom. The average molecular weight is 276 g/mol. The Balaban J connectivity index is 1.83. The van der Waals surface area contributed by atoms with Gasteiger partial charge in [-0.25, -0.2) is 4.39 Å². The summed E-state index contributed by atoms with van der Waals surface area (Å²) in [7, 11) is 2.07. The molecule has 2 atom stereocenters. The fourth-order valence-electron chi connectivity index (χ4n) is 2.92. The van der Waals surface area contributed by atoms with E-state index in [1.54, 1.807) is 0 Å². The molecule has 0 amide bonds. The molecule has 1 aliphatic rings. The van der Waals surface area contributed by atoms with Crippen molar-refractivity contribution in [3.05, 3.63) is 57.8 Å². The number of hydrogen-bond donors (Lipinski definition) is 1. The van der Waals surface area contributed by atoms with Crippen molar-refractivity contribution in [1.82, 2.24) is 10.1 Å². The first-order chi connectivity index (χ1) is 9.63. The Morgan fingerprint density at radius 3 is 2.75 bits per heavy atom. The summed E-state index contributed by atoms with van der Waals surface area (Å²) < 4.78 is 18.3. The van der Waals surface area contributed by atoms with Crippen LogP contribution in [0.5, 0.6) is 0 Å². The second-order valence-corrected chi connectivity index (χ2v) is 5.38. The van der Waals surface area contributed by atoms with Crippen LogP contribution >= 0.6 is 0 Å². The van der Waals surface area contributed by atoms with Gasteiger partial charge in [-0.1, -0.05) is 12.1 Å². The van der Waals surface area contributed by atoms with Gasteiger partial charge < -0.3 is 4.52 Å². The average Bonchev–Trinajstić information content (AvgIpc) is 2.87. The van der Waals surface area contributed by atoms with Crippen LogP contribution in [0.25, 0.3) is 0 Å². The van der Waals surface area contributed by atoms with Crippen LogP contribution in [0.3, 0.4) is 0 Å². The summed E-state index contributed by atoms with van der Waals surface area (Å²) in [4.78, 5) is 13.4. The number of likely N-dealkylation sites (tertiary alicyclic amines) is 1. The Bertz CT molecular complexity index is 632. The van der Waals surface area contributed by atoms with Gasteiger partial charge in [-0.2, -0.15) is 5.16 Å². The van der Waals surface area contributed by atoms with E-state index in [0.29, 0.717) is 0 Å². The monoisotopic (exact) mass is 276 g/mol. The molecule has 1 aromatic heterocycles. The van der Waals surface area contributed by atoms with E-state index in [1.807, 2.05) is 12.1 Å². The third-order valence-electron chi connectivity index (χ3n) is 4.07. The summed E-state index contributed by atoms with van der Waals surface area (Å²) in [6, 6.07) is 8.37. The summed E-state index contributed by atoms with van der Waals surface area (Å²) in [6.07, 6.45) is 1.82. The van der Waals surface area contributed by atoms with Gasteiger partial charge in [0.15, 0.2) is 0 Å². The number of hydrogen-bond acceptors (Lipinski definition) is 3. The summed E-state index contributed by atoms with van der Waals surface area (Å²) in [5, 5.41) is 2.35. The maximum atomic E-state index is 13.0. The van der Waals surface area contributed by atoms with Crippen LogP contribution in [0.4, 0.5) is 4.39 Å². The second-order valence-electron chi connectivity index (χ2n) is 5.38. The summed E-state index contributed by atoms with van der Waals surface area (Å²) in [5.74, 6) is 0.718. The van der Waals surface area contributed by atoms with Gasteiger partial charge >= 0.3 is 0 Å². The Labute approximate surface area is 116 Å². The van der Waals surface area contributed by atoms with E-state index in [4.69, 9.17) is 4.52 Å². The maximum absolute atomic E-state index is 13.0. The predicted molar refractivity (Wildman–Crippen MR) is 73.1 cm³/mol. The maximum Gasteiger partial charge on any atom is 0.280 e. The lowest BCUT2D eigenvalue weighted by Gasteiger charge is -2.36. The topological polar surface area (TPSA) is 49.2 Å². The summed E-state index contributed by atoms with van der Waals surface area (Å²) >= 11 is 0. The number of H-pyrrole nitrogens is 1. The molecular formula is C15H17FN2O2. The number of halogens is 1. The zero-order valence-corrected chi connectivity index (χ0v) is 11.3. The zero-order chi connectivity index (χ0) is 14.1. The molecule has 0 spiro atoms. The van der Waals surface area contributed by atoms with E-state index in [0.717, 1.165) is 30.7 Å². The molecule has 1 fully saturated rings. The largest absolute Gasteiger partial charge is 0.383 e. The van der Waals surface area contributed by atoms with E-state index >= 15 is 0 Å². The highest BCUT2D eigenvalue weighted by atomic mass is 19.1. The third kappa shape index (κ3) is 2.54. The van der Waals surface area contributed by atoms with Crippen molar-refractivity contribution in [2.24, 2.45) is 0 Å². The molecule has 106 valence electrons. The van der Waals surface area contributed by atoms with Gasteiger partial charge in [-0.05, 0) is 44.1 Å². The number of nitrogens with one attached hydrogen (secondary N) is 1. The Morgan fingerprint density at radius 1 is 1.35 bits per heavy atom. The van der Waals surface area contributed by atoms with Crippen LogP contribution < -0.4 is 5.56 Å². The lowest BCUT2D eigenvalue weighted by atomic mass is 9.86. The molecule has 0 aliphatic carbocycles. The molecule has 0 unspecified atom stereocenters. The molecule has 20 heavy (non-hydrogen) atoms. The van der Waals surface area contributed by atoms with Gasteiger partial charge in [0.25, 0.3) is 5.56 Å². The van der Waals surface area contributed by atoms with Gasteiger partial charge in [0.2, 0.25) is 0 Å². The molecule has 5 heteroatoms. The number of aromatic amines is 1. The molecule has 1 aliphatic heterocycles. The van der Waals surface area contributed by atoms with Gasteiger partial charge in [-0.3, -0.25) is 9.69 Å². The first-order valence-corrected chi connectivity index (χ1v) is 6.77. The second kappa shape index (κ2) is 5.25. The molecule has 0 saturated carbocycles. The minimum atomic E-state index is -0.222. The van der Waals surface area contributed by atoms with Crippen LogP contribution in [-0.4, -0.2) is 23.6 Å². The van der Waals surface area contributed by atoms with E-state index < -0.39 is 0 Å². The van der Waals surface area contributed by atoms with E-state index in [2.05, 4.69) is 17.1 Å². The van der Waals surface area contributed by atoms with Crippen LogP contribution in [0.2, 0.25) is 0 Å². The standard InChI is InChI=1S/C15H17FN2O2/c1-18-7-6-11(14-9-15(19)17-20-14)8-13(18)10-2-4-12(16)5-3-10/h2-5,9,11,13H,6-8H2,1H3,(H,17,19)/t11-,13+/m0/s1. The molecule has 1 aromatic carbocycles. The lowest BCUT2D eigenvalue weighted by molar-refractivity contribution is 0.157. The molecule has 1 saturated heterocycles. The minimum Gasteiger partial charge on any atom is -0.383 e. The highest BCUT2D eigenvalue weighted by Crippen LogP contribution is 2.38. The number of piperidine rings is 1. The quantitative estimate of drug-likeness (QED) is 0.917. The van der Waals surface area contributed by atoms with Crippen LogP contribution in [0.15, 0.2) is 39.6 Å². The molecule has 0 bridgehead atoms. The normalized spacial score (nSPS) is 23.9.